The van der Waals surface area contributed by atoms with Gasteiger partial charge in [-0.3, -0.25) is 0 Å². The molecule has 2 aliphatic heterocycles. The van der Waals surface area contributed by atoms with Crippen LogP contribution in [0, 0.1) is 0 Å². The van der Waals surface area contributed by atoms with Crippen molar-refractivity contribution < 1.29 is 4.74 Å². The summed E-state index contributed by atoms with van der Waals surface area (Å²) in [6.07, 6.45) is 6.46. The van der Waals surface area contributed by atoms with Gasteiger partial charge >= 0.3 is 0 Å². The van der Waals surface area contributed by atoms with Crippen LogP contribution in [-0.4, -0.2) is 0 Å². The lowest BCUT2D eigenvalue weighted by molar-refractivity contribution is 0.434. The molecule has 0 N–H and O–H groups in total. The first-order valence-corrected chi connectivity index (χ1v) is 19.9. The molecule has 0 aromatic heterocycles. The molecule has 0 saturated heterocycles. The number of hydrogen-bond donors (Lipinski definition) is 0. The quantitative estimate of drug-likeness (QED) is 0.151. The predicted octanol–water partition coefficient (Wildman–Crippen LogP) is 15.0. The number of fused-ring (bicyclic) bond motifs is 8. The van der Waals surface area contributed by atoms with Crippen LogP contribution >= 0.6 is 0 Å². The summed E-state index contributed by atoms with van der Waals surface area (Å²) in [4.78, 5) is 2.44. The molecular weight excluding hydrogens is 703 g/mol. The van der Waals surface area contributed by atoms with Crippen LogP contribution in [0.5, 0.6) is 11.5 Å². The first-order chi connectivity index (χ1) is 28.6. The highest BCUT2D eigenvalue weighted by molar-refractivity contribution is 5.94. The van der Waals surface area contributed by atoms with Gasteiger partial charge in [-0.25, -0.2) is 0 Å². The molecule has 0 amide bonds. The van der Waals surface area contributed by atoms with Crippen LogP contribution in [0.2, 0.25) is 0 Å². The molecule has 10 rings (SSSR count). The van der Waals surface area contributed by atoms with Crippen LogP contribution in [0.3, 0.4) is 0 Å². The SMILES string of the molecule is C=C(/C=C(\C=C/C)c1ccccc1)c1ccc2c(c1)C1(c3ccccc3Oc3ccccc31)c1cc(-c3ccccc3)ccc1N2c1ccc(-c2ccccc2)cc1. The molecule has 0 bridgehead atoms. The summed E-state index contributed by atoms with van der Waals surface area (Å²) in [6.45, 7) is 6.77. The second-order valence-corrected chi connectivity index (χ2v) is 14.9. The van der Waals surface area contributed by atoms with Crippen LogP contribution in [0.1, 0.15) is 40.3 Å². The number of para-hydroxylation sites is 2. The lowest BCUT2D eigenvalue weighted by Gasteiger charge is -2.49. The van der Waals surface area contributed by atoms with E-state index in [1.165, 1.54) is 27.8 Å². The van der Waals surface area contributed by atoms with E-state index in [1.54, 1.807) is 0 Å². The van der Waals surface area contributed by atoms with Crippen molar-refractivity contribution in [2.75, 3.05) is 4.90 Å². The zero-order valence-corrected chi connectivity index (χ0v) is 32.3. The summed E-state index contributed by atoms with van der Waals surface area (Å²) < 4.78 is 6.77. The number of nitrogens with zero attached hydrogens (tertiary/aromatic N) is 1. The second kappa shape index (κ2) is 14.6. The molecule has 2 heterocycles. The van der Waals surface area contributed by atoms with Crippen LogP contribution in [0.15, 0.2) is 225 Å². The van der Waals surface area contributed by atoms with Crippen molar-refractivity contribution in [3.8, 4) is 33.8 Å². The van der Waals surface area contributed by atoms with Crippen molar-refractivity contribution in [2.45, 2.75) is 12.3 Å². The highest BCUT2D eigenvalue weighted by atomic mass is 16.5. The molecule has 0 radical (unpaired) electrons. The van der Waals surface area contributed by atoms with Gasteiger partial charge in [0.1, 0.15) is 11.5 Å². The first kappa shape index (κ1) is 35.0. The van der Waals surface area contributed by atoms with Crippen LogP contribution in [0.4, 0.5) is 17.1 Å². The third-order valence-electron chi connectivity index (χ3n) is 11.6. The molecule has 1 spiro atoms. The van der Waals surface area contributed by atoms with Gasteiger partial charge in [0.15, 0.2) is 0 Å². The fourth-order valence-corrected chi connectivity index (χ4v) is 8.94. The van der Waals surface area contributed by atoms with E-state index in [-0.39, 0.29) is 0 Å². The van der Waals surface area contributed by atoms with Gasteiger partial charge < -0.3 is 9.64 Å². The molecule has 2 nitrogen and oxygen atoms in total. The number of benzene rings is 8. The Morgan fingerprint density at radius 3 is 1.60 bits per heavy atom. The number of hydrogen-bond acceptors (Lipinski definition) is 2. The van der Waals surface area contributed by atoms with Gasteiger partial charge in [0, 0.05) is 16.8 Å². The van der Waals surface area contributed by atoms with Crippen molar-refractivity contribution in [3.05, 3.63) is 258 Å². The van der Waals surface area contributed by atoms with E-state index < -0.39 is 5.41 Å². The highest BCUT2D eigenvalue weighted by Crippen LogP contribution is 2.63. The van der Waals surface area contributed by atoms with Crippen LogP contribution in [-0.2, 0) is 5.41 Å². The highest BCUT2D eigenvalue weighted by Gasteiger charge is 2.51. The maximum absolute atomic E-state index is 6.77. The smallest absolute Gasteiger partial charge is 0.132 e. The Kier molecular flexibility index (Phi) is 8.81. The van der Waals surface area contributed by atoms with Crippen molar-refractivity contribution >= 4 is 28.2 Å². The zero-order chi connectivity index (χ0) is 39.1. The summed E-state index contributed by atoms with van der Waals surface area (Å²) >= 11 is 0. The Balaban J connectivity index is 1.27. The summed E-state index contributed by atoms with van der Waals surface area (Å²) in [5.74, 6) is 1.71. The largest absolute Gasteiger partial charge is 0.457 e. The predicted molar refractivity (Wildman–Crippen MR) is 242 cm³/mol. The molecule has 58 heavy (non-hydrogen) atoms. The third kappa shape index (κ3) is 5.81. The summed E-state index contributed by atoms with van der Waals surface area (Å²) in [5.41, 5.74) is 16.1. The molecule has 2 aliphatic rings. The maximum Gasteiger partial charge on any atom is 0.132 e. The number of rotatable bonds is 7. The van der Waals surface area contributed by atoms with Gasteiger partial charge in [-0.15, -0.1) is 0 Å². The average molecular weight is 744 g/mol. The van der Waals surface area contributed by atoms with Crippen LogP contribution in [0.25, 0.3) is 33.4 Å². The molecular formula is C56H41NO. The molecule has 276 valence electrons. The Bertz CT molecular complexity index is 2820. The van der Waals surface area contributed by atoms with Gasteiger partial charge in [0.2, 0.25) is 0 Å². The Labute approximate surface area is 341 Å². The lowest BCUT2D eigenvalue weighted by Crippen LogP contribution is -2.39. The van der Waals surface area contributed by atoms with Crippen molar-refractivity contribution in [2.24, 2.45) is 0 Å². The Morgan fingerprint density at radius 1 is 0.483 bits per heavy atom. The Morgan fingerprint density at radius 2 is 0.983 bits per heavy atom. The van der Waals surface area contributed by atoms with E-state index in [1.807, 2.05) is 0 Å². The fourth-order valence-electron chi connectivity index (χ4n) is 8.94. The maximum atomic E-state index is 6.77. The molecule has 0 unspecified atom stereocenters. The van der Waals surface area contributed by atoms with Gasteiger partial charge in [-0.2, -0.15) is 0 Å². The normalized spacial score (nSPS) is 13.6. The van der Waals surface area contributed by atoms with Gasteiger partial charge in [-0.05, 0) is 117 Å². The lowest BCUT2D eigenvalue weighted by atomic mass is 9.60. The molecule has 8 aromatic carbocycles. The minimum Gasteiger partial charge on any atom is -0.457 e. The number of allylic oxidation sites excluding steroid dienone is 5. The standard InChI is InChI=1S/C56H41NO/c1-3-17-45(41-20-9-5-10-21-41)36-39(2)44-30-34-52-50(37-44)56(48-24-13-15-26-54(48)58-55-27-16-14-25-49(55)56)51-38-46(42-22-11-6-12-23-42)31-35-53(51)57(52)47-32-28-43(29-33-47)40-18-7-4-8-19-40/h3-38H,2H2,1H3/b17-3-,45-36+. The second-order valence-electron chi connectivity index (χ2n) is 14.9. The number of ether oxygens (including phenoxy) is 1. The molecule has 2 heteroatoms. The van der Waals surface area contributed by atoms with Gasteiger partial charge in [0.25, 0.3) is 0 Å². The van der Waals surface area contributed by atoms with E-state index in [9.17, 15) is 0 Å². The van der Waals surface area contributed by atoms with Gasteiger partial charge in [-0.1, -0.05) is 170 Å². The minimum atomic E-state index is -0.729. The summed E-state index contributed by atoms with van der Waals surface area (Å²) in [5, 5.41) is 0. The van der Waals surface area contributed by atoms with Crippen molar-refractivity contribution in [1.29, 1.82) is 0 Å². The molecule has 0 saturated carbocycles. The van der Waals surface area contributed by atoms with E-state index in [2.05, 4.69) is 230 Å². The molecule has 0 fully saturated rings. The number of anilines is 3. The summed E-state index contributed by atoms with van der Waals surface area (Å²) in [6, 6.07) is 71.8. The Hall–Kier alpha value is -7.42. The van der Waals surface area contributed by atoms with E-state index in [0.717, 1.165) is 67.5 Å². The minimum absolute atomic E-state index is 0.729. The zero-order valence-electron chi connectivity index (χ0n) is 32.3. The summed E-state index contributed by atoms with van der Waals surface area (Å²) in [7, 11) is 0. The van der Waals surface area contributed by atoms with Crippen molar-refractivity contribution in [1.82, 2.24) is 0 Å². The van der Waals surface area contributed by atoms with Crippen molar-refractivity contribution in [3.63, 3.8) is 0 Å². The van der Waals surface area contributed by atoms with E-state index in [0.29, 0.717) is 0 Å². The third-order valence-corrected chi connectivity index (χ3v) is 11.6. The monoisotopic (exact) mass is 743 g/mol. The van der Waals surface area contributed by atoms with Crippen LogP contribution < -0.4 is 9.64 Å². The first-order valence-electron chi connectivity index (χ1n) is 19.9. The van der Waals surface area contributed by atoms with E-state index in [4.69, 9.17) is 11.3 Å². The van der Waals surface area contributed by atoms with E-state index >= 15 is 0 Å². The molecule has 8 aromatic rings. The molecule has 0 aliphatic carbocycles. The average Bonchev–Trinajstić information content (AvgIpc) is 3.29. The fraction of sp³-hybridized carbons (Fsp3) is 0.0357. The molecule has 0 atom stereocenters. The van der Waals surface area contributed by atoms with Gasteiger partial charge in [0.05, 0.1) is 16.8 Å². The topological polar surface area (TPSA) is 12.5 Å².